The van der Waals surface area contributed by atoms with E-state index < -0.39 is 0 Å². The van der Waals surface area contributed by atoms with E-state index in [1.165, 1.54) is 0 Å². The summed E-state index contributed by atoms with van der Waals surface area (Å²) in [6, 6.07) is 11.6. The van der Waals surface area contributed by atoms with E-state index in [1.54, 1.807) is 6.20 Å². The first-order chi connectivity index (χ1) is 8.40. The lowest BCUT2D eigenvalue weighted by Crippen LogP contribution is -1.95. The quantitative estimate of drug-likeness (QED) is 0.754. The second-order valence-electron chi connectivity index (χ2n) is 3.11. The third kappa shape index (κ3) is 3.76. The normalized spacial score (nSPS) is 9.00. The molecule has 2 aromatic rings. The molecule has 3 heteroatoms. The molecule has 0 amide bonds. The van der Waals surface area contributed by atoms with Gasteiger partial charge in [0.1, 0.15) is 12.4 Å². The molecule has 0 spiro atoms. The van der Waals surface area contributed by atoms with Crippen molar-refractivity contribution in [3.05, 3.63) is 36.5 Å². The molecule has 0 aliphatic carbocycles. The number of nitrogens with zero attached hydrogens (tertiary/aromatic N) is 2. The maximum Gasteiger partial charge on any atom is 0.120 e. The van der Waals surface area contributed by atoms with Gasteiger partial charge in [-0.1, -0.05) is 19.9 Å². The van der Waals surface area contributed by atoms with Crippen LogP contribution in [0.25, 0.3) is 10.9 Å². The lowest BCUT2D eigenvalue weighted by Gasteiger charge is -2.04. The van der Waals surface area contributed by atoms with Crippen LogP contribution in [0.5, 0.6) is 5.75 Å². The highest BCUT2D eigenvalue weighted by Gasteiger charge is 1.97. The van der Waals surface area contributed by atoms with E-state index in [9.17, 15) is 0 Å². The van der Waals surface area contributed by atoms with Crippen molar-refractivity contribution < 1.29 is 4.74 Å². The van der Waals surface area contributed by atoms with Crippen molar-refractivity contribution in [3.63, 3.8) is 0 Å². The molecule has 1 aromatic carbocycles. The number of hydrogen-bond donors (Lipinski definition) is 0. The monoisotopic (exact) mass is 228 g/mol. The van der Waals surface area contributed by atoms with E-state index in [0.29, 0.717) is 13.0 Å². The zero-order chi connectivity index (χ0) is 12.5. The van der Waals surface area contributed by atoms with Crippen molar-refractivity contribution in [3.8, 4) is 11.8 Å². The van der Waals surface area contributed by atoms with E-state index >= 15 is 0 Å². The van der Waals surface area contributed by atoms with Crippen molar-refractivity contribution in [1.29, 1.82) is 5.26 Å². The Morgan fingerprint density at radius 2 is 2.12 bits per heavy atom. The number of pyridine rings is 1. The van der Waals surface area contributed by atoms with Crippen LogP contribution in [0.15, 0.2) is 36.5 Å². The van der Waals surface area contributed by atoms with Gasteiger partial charge in [0, 0.05) is 11.6 Å². The summed E-state index contributed by atoms with van der Waals surface area (Å²) in [6.45, 7) is 4.43. The summed E-state index contributed by atoms with van der Waals surface area (Å²) in [5.74, 6) is 0.783. The highest BCUT2D eigenvalue weighted by molar-refractivity contribution is 5.79. The second-order valence-corrected chi connectivity index (χ2v) is 3.11. The Labute approximate surface area is 102 Å². The molecule has 88 valence electrons. The molecule has 0 bridgehead atoms. The number of fused-ring (bicyclic) bond motifs is 1. The molecule has 2 rings (SSSR count). The molecule has 1 aromatic heterocycles. The van der Waals surface area contributed by atoms with Gasteiger partial charge in [0.05, 0.1) is 18.0 Å². The first-order valence-corrected chi connectivity index (χ1v) is 5.75. The summed E-state index contributed by atoms with van der Waals surface area (Å²) in [4.78, 5) is 4.21. The largest absolute Gasteiger partial charge is 0.493 e. The Hall–Kier alpha value is -2.08. The van der Waals surface area contributed by atoms with Crippen LogP contribution in [0.1, 0.15) is 20.3 Å². The van der Waals surface area contributed by atoms with Gasteiger partial charge in [0.15, 0.2) is 0 Å². The van der Waals surface area contributed by atoms with Crippen LogP contribution in [0.3, 0.4) is 0 Å². The van der Waals surface area contributed by atoms with Crippen molar-refractivity contribution in [2.45, 2.75) is 20.3 Å². The van der Waals surface area contributed by atoms with Gasteiger partial charge in [-0.3, -0.25) is 4.98 Å². The lowest BCUT2D eigenvalue weighted by atomic mass is 10.2. The van der Waals surface area contributed by atoms with Crippen molar-refractivity contribution in [2.24, 2.45) is 0 Å². The third-order valence-corrected chi connectivity index (χ3v) is 2.06. The average Bonchev–Trinajstić information content (AvgIpc) is 2.41. The van der Waals surface area contributed by atoms with E-state index in [-0.39, 0.29) is 0 Å². The summed E-state index contributed by atoms with van der Waals surface area (Å²) >= 11 is 0. The molecule has 0 fully saturated rings. The summed E-state index contributed by atoms with van der Waals surface area (Å²) in [5.41, 5.74) is 0.949. The molecular formula is C14H16N2O. The number of nitriles is 1. The fraction of sp³-hybridized carbons (Fsp3) is 0.286. The molecule has 0 saturated heterocycles. The fourth-order valence-electron chi connectivity index (χ4n) is 1.36. The minimum Gasteiger partial charge on any atom is -0.493 e. The number of hydrogen-bond acceptors (Lipinski definition) is 3. The van der Waals surface area contributed by atoms with Gasteiger partial charge in [0.25, 0.3) is 0 Å². The minimum atomic E-state index is 0.408. The Morgan fingerprint density at radius 1 is 1.29 bits per heavy atom. The first-order valence-electron chi connectivity index (χ1n) is 5.75. The maximum absolute atomic E-state index is 8.38. The number of ether oxygens (including phenoxy) is 1. The highest BCUT2D eigenvalue weighted by atomic mass is 16.5. The van der Waals surface area contributed by atoms with Crippen molar-refractivity contribution in [2.75, 3.05) is 6.61 Å². The van der Waals surface area contributed by atoms with Crippen LogP contribution in [0.4, 0.5) is 0 Å². The third-order valence-electron chi connectivity index (χ3n) is 2.06. The molecule has 0 unspecified atom stereocenters. The van der Waals surface area contributed by atoms with Crippen LogP contribution in [0.2, 0.25) is 0 Å². The predicted octanol–water partition coefficient (Wildman–Crippen LogP) is 3.55. The average molecular weight is 228 g/mol. The Morgan fingerprint density at radius 3 is 2.88 bits per heavy atom. The maximum atomic E-state index is 8.38. The Kier molecular flexibility index (Phi) is 5.53. The fourth-order valence-corrected chi connectivity index (χ4v) is 1.36. The second kappa shape index (κ2) is 7.24. The van der Waals surface area contributed by atoms with Gasteiger partial charge in [0.2, 0.25) is 0 Å². The molecule has 0 aliphatic heterocycles. The van der Waals surface area contributed by atoms with E-state index in [2.05, 4.69) is 4.98 Å². The molecule has 0 atom stereocenters. The van der Waals surface area contributed by atoms with Gasteiger partial charge in [-0.15, -0.1) is 0 Å². The van der Waals surface area contributed by atoms with Gasteiger partial charge < -0.3 is 4.74 Å². The number of rotatable bonds is 3. The molecular weight excluding hydrogens is 212 g/mol. The SMILES string of the molecule is CC.N#CCCOc1ccc2ncccc2c1. The number of aromatic nitrogens is 1. The zero-order valence-corrected chi connectivity index (χ0v) is 10.2. The molecule has 3 nitrogen and oxygen atoms in total. The standard InChI is InChI=1S/C12H10N2O.C2H6/c13-6-2-8-15-11-4-5-12-10(9-11)3-1-7-14-12;1-2/h1,3-5,7,9H,2,8H2;1-2H3. The highest BCUT2D eigenvalue weighted by Crippen LogP contribution is 2.18. The van der Waals surface area contributed by atoms with Crippen LogP contribution < -0.4 is 4.74 Å². The number of benzene rings is 1. The van der Waals surface area contributed by atoms with Crippen LogP contribution >= 0.6 is 0 Å². The Balaban J connectivity index is 0.000000686. The van der Waals surface area contributed by atoms with Crippen molar-refractivity contribution >= 4 is 10.9 Å². The molecule has 0 aliphatic rings. The summed E-state index contributed by atoms with van der Waals surface area (Å²) < 4.78 is 5.40. The topological polar surface area (TPSA) is 45.9 Å². The minimum absolute atomic E-state index is 0.408. The molecule has 0 radical (unpaired) electrons. The molecule has 1 heterocycles. The van der Waals surface area contributed by atoms with E-state index in [1.807, 2.05) is 50.2 Å². The summed E-state index contributed by atoms with van der Waals surface area (Å²) in [5, 5.41) is 9.42. The van der Waals surface area contributed by atoms with Gasteiger partial charge in [-0.25, -0.2) is 0 Å². The van der Waals surface area contributed by atoms with Crippen LogP contribution in [0, 0.1) is 11.3 Å². The van der Waals surface area contributed by atoms with Gasteiger partial charge in [-0.05, 0) is 24.3 Å². The van der Waals surface area contributed by atoms with Crippen molar-refractivity contribution in [1.82, 2.24) is 4.98 Å². The first kappa shape index (κ1) is 13.0. The summed E-state index contributed by atoms with van der Waals surface area (Å²) in [6.07, 6.45) is 2.17. The van der Waals surface area contributed by atoms with Gasteiger partial charge >= 0.3 is 0 Å². The smallest absolute Gasteiger partial charge is 0.120 e. The summed E-state index contributed by atoms with van der Waals surface area (Å²) in [7, 11) is 0. The van der Waals surface area contributed by atoms with E-state index in [4.69, 9.17) is 10.00 Å². The van der Waals surface area contributed by atoms with E-state index in [0.717, 1.165) is 16.7 Å². The zero-order valence-electron chi connectivity index (χ0n) is 10.2. The molecule has 17 heavy (non-hydrogen) atoms. The van der Waals surface area contributed by atoms with Crippen LogP contribution in [-0.2, 0) is 0 Å². The Bertz CT molecular complexity index is 503. The van der Waals surface area contributed by atoms with Crippen LogP contribution in [-0.4, -0.2) is 11.6 Å². The predicted molar refractivity (Wildman–Crippen MR) is 68.8 cm³/mol. The molecule has 0 saturated carbocycles. The van der Waals surface area contributed by atoms with Gasteiger partial charge in [-0.2, -0.15) is 5.26 Å². The molecule has 0 N–H and O–H groups in total. The lowest BCUT2D eigenvalue weighted by molar-refractivity contribution is 0.327.